The smallest absolute Gasteiger partial charge is 0.0616 e. The van der Waals surface area contributed by atoms with Gasteiger partial charge in [0.25, 0.3) is 0 Å². The number of ether oxygens (including phenoxy) is 2. The Balaban J connectivity index is 2.37. The maximum absolute atomic E-state index is 5.84. The molecule has 14 heavy (non-hydrogen) atoms. The van der Waals surface area contributed by atoms with E-state index in [1.54, 1.807) is 0 Å². The predicted molar refractivity (Wildman–Crippen MR) is 57.2 cm³/mol. The number of hydrogen-bond donors (Lipinski definition) is 1. The van der Waals surface area contributed by atoms with Crippen LogP contribution in [-0.4, -0.2) is 32.0 Å². The summed E-state index contributed by atoms with van der Waals surface area (Å²) in [6.45, 7) is 8.58. The molecule has 84 valence electrons. The van der Waals surface area contributed by atoms with Crippen molar-refractivity contribution in [2.24, 2.45) is 11.1 Å². The van der Waals surface area contributed by atoms with Crippen LogP contribution in [0.3, 0.4) is 0 Å². The number of hydrogen-bond acceptors (Lipinski definition) is 3. The molecule has 0 radical (unpaired) electrons. The first-order valence-corrected chi connectivity index (χ1v) is 5.54. The molecule has 1 rings (SSSR count). The summed E-state index contributed by atoms with van der Waals surface area (Å²) in [7, 11) is 0. The summed E-state index contributed by atoms with van der Waals surface area (Å²) in [5.41, 5.74) is 6.00. The van der Waals surface area contributed by atoms with Gasteiger partial charge in [0.1, 0.15) is 0 Å². The van der Waals surface area contributed by atoms with Crippen molar-refractivity contribution in [2.75, 3.05) is 19.8 Å². The van der Waals surface area contributed by atoms with Gasteiger partial charge in [0.15, 0.2) is 0 Å². The summed E-state index contributed by atoms with van der Waals surface area (Å²) in [4.78, 5) is 0. The maximum Gasteiger partial charge on any atom is 0.0616 e. The Morgan fingerprint density at radius 1 is 1.57 bits per heavy atom. The lowest BCUT2D eigenvalue weighted by Gasteiger charge is -2.30. The fourth-order valence-corrected chi connectivity index (χ4v) is 2.02. The molecule has 1 saturated heterocycles. The predicted octanol–water partition coefficient (Wildman–Crippen LogP) is 1.56. The van der Waals surface area contributed by atoms with Crippen molar-refractivity contribution in [3.05, 3.63) is 0 Å². The van der Waals surface area contributed by atoms with E-state index in [9.17, 15) is 0 Å². The van der Waals surface area contributed by atoms with Crippen LogP contribution in [0.15, 0.2) is 0 Å². The molecule has 1 aliphatic heterocycles. The Kier molecular flexibility index (Phi) is 4.35. The quantitative estimate of drug-likeness (QED) is 0.734. The molecule has 3 heteroatoms. The molecule has 0 bridgehead atoms. The van der Waals surface area contributed by atoms with E-state index in [-0.39, 0.29) is 11.5 Å². The molecule has 1 heterocycles. The zero-order chi connectivity index (χ0) is 10.6. The highest BCUT2D eigenvalue weighted by Gasteiger charge is 2.39. The van der Waals surface area contributed by atoms with E-state index in [4.69, 9.17) is 15.2 Å². The average molecular weight is 201 g/mol. The molecule has 1 aliphatic rings. The standard InChI is InChI=1S/C11H23NO2/c1-9(2)13-6-4-11(8-12)5-7-14-10(11)3/h9-10H,4-8,12H2,1-3H3. The summed E-state index contributed by atoms with van der Waals surface area (Å²) in [5, 5.41) is 0. The Morgan fingerprint density at radius 3 is 2.71 bits per heavy atom. The Bertz CT molecular complexity index is 173. The highest BCUT2D eigenvalue weighted by molar-refractivity contribution is 4.90. The van der Waals surface area contributed by atoms with Crippen molar-refractivity contribution in [2.45, 2.75) is 45.8 Å². The molecule has 0 aromatic carbocycles. The fourth-order valence-electron chi connectivity index (χ4n) is 2.02. The normalized spacial score (nSPS) is 32.8. The molecule has 0 aromatic rings. The lowest BCUT2D eigenvalue weighted by Crippen LogP contribution is -2.38. The summed E-state index contributed by atoms with van der Waals surface area (Å²) in [6, 6.07) is 0. The topological polar surface area (TPSA) is 44.5 Å². The number of nitrogens with two attached hydrogens (primary N) is 1. The minimum atomic E-state index is 0.162. The third-order valence-electron chi connectivity index (χ3n) is 3.29. The Morgan fingerprint density at radius 2 is 2.29 bits per heavy atom. The van der Waals surface area contributed by atoms with Crippen LogP contribution in [0, 0.1) is 5.41 Å². The van der Waals surface area contributed by atoms with Crippen molar-refractivity contribution < 1.29 is 9.47 Å². The maximum atomic E-state index is 5.84. The van der Waals surface area contributed by atoms with Crippen LogP contribution < -0.4 is 5.73 Å². The van der Waals surface area contributed by atoms with Crippen LogP contribution in [-0.2, 0) is 9.47 Å². The molecule has 0 spiro atoms. The lowest BCUT2D eigenvalue weighted by molar-refractivity contribution is 0.0203. The van der Waals surface area contributed by atoms with Crippen LogP contribution in [0.5, 0.6) is 0 Å². The zero-order valence-electron chi connectivity index (χ0n) is 9.58. The highest BCUT2D eigenvalue weighted by atomic mass is 16.5. The minimum Gasteiger partial charge on any atom is -0.379 e. The SMILES string of the molecule is CC(C)OCCC1(CN)CCOC1C. The van der Waals surface area contributed by atoms with Crippen molar-refractivity contribution in [1.82, 2.24) is 0 Å². The summed E-state index contributed by atoms with van der Waals surface area (Å²) in [6.07, 6.45) is 2.68. The van der Waals surface area contributed by atoms with Gasteiger partial charge in [-0.25, -0.2) is 0 Å². The molecule has 0 aromatic heterocycles. The largest absolute Gasteiger partial charge is 0.379 e. The van der Waals surface area contributed by atoms with E-state index in [0.717, 1.165) is 26.1 Å². The average Bonchev–Trinajstić information content (AvgIpc) is 2.48. The van der Waals surface area contributed by atoms with Crippen molar-refractivity contribution in [3.8, 4) is 0 Å². The monoisotopic (exact) mass is 201 g/mol. The van der Waals surface area contributed by atoms with Crippen LogP contribution in [0.4, 0.5) is 0 Å². The van der Waals surface area contributed by atoms with Crippen LogP contribution in [0.25, 0.3) is 0 Å². The van der Waals surface area contributed by atoms with Crippen LogP contribution in [0.1, 0.15) is 33.6 Å². The van der Waals surface area contributed by atoms with Gasteiger partial charge in [-0.3, -0.25) is 0 Å². The molecular formula is C11H23NO2. The van der Waals surface area contributed by atoms with Crippen LogP contribution in [0.2, 0.25) is 0 Å². The summed E-state index contributed by atoms with van der Waals surface area (Å²) < 4.78 is 11.1. The van der Waals surface area contributed by atoms with Crippen molar-refractivity contribution >= 4 is 0 Å². The first-order chi connectivity index (χ1) is 6.60. The van der Waals surface area contributed by atoms with E-state index in [1.165, 1.54) is 0 Å². The van der Waals surface area contributed by atoms with Crippen molar-refractivity contribution in [3.63, 3.8) is 0 Å². The third kappa shape index (κ3) is 2.69. The van der Waals surface area contributed by atoms with Gasteiger partial charge >= 0.3 is 0 Å². The van der Waals surface area contributed by atoms with Gasteiger partial charge in [-0.15, -0.1) is 0 Å². The molecule has 2 atom stereocenters. The minimum absolute atomic E-state index is 0.162. The first kappa shape index (κ1) is 12.0. The third-order valence-corrected chi connectivity index (χ3v) is 3.29. The van der Waals surface area contributed by atoms with Gasteiger partial charge in [-0.1, -0.05) is 0 Å². The molecule has 0 amide bonds. The second-order valence-electron chi connectivity index (χ2n) is 4.50. The second kappa shape index (κ2) is 5.10. The molecule has 2 unspecified atom stereocenters. The van der Waals surface area contributed by atoms with Gasteiger partial charge in [0.2, 0.25) is 0 Å². The van der Waals surface area contributed by atoms with E-state index < -0.39 is 0 Å². The van der Waals surface area contributed by atoms with Crippen LogP contribution >= 0.6 is 0 Å². The molecule has 2 N–H and O–H groups in total. The van der Waals surface area contributed by atoms with Crippen molar-refractivity contribution in [1.29, 1.82) is 0 Å². The number of rotatable bonds is 5. The van der Waals surface area contributed by atoms with Gasteiger partial charge in [0.05, 0.1) is 12.2 Å². The summed E-state index contributed by atoms with van der Waals surface area (Å²) in [5.74, 6) is 0. The van der Waals surface area contributed by atoms with Gasteiger partial charge in [0, 0.05) is 25.2 Å². The molecule has 0 aliphatic carbocycles. The Hall–Kier alpha value is -0.120. The zero-order valence-corrected chi connectivity index (χ0v) is 9.58. The van der Waals surface area contributed by atoms with Gasteiger partial charge < -0.3 is 15.2 Å². The van der Waals surface area contributed by atoms with E-state index >= 15 is 0 Å². The molecule has 3 nitrogen and oxygen atoms in total. The molecular weight excluding hydrogens is 178 g/mol. The summed E-state index contributed by atoms with van der Waals surface area (Å²) >= 11 is 0. The van der Waals surface area contributed by atoms with Gasteiger partial charge in [-0.05, 0) is 33.6 Å². The second-order valence-corrected chi connectivity index (χ2v) is 4.50. The molecule has 1 fully saturated rings. The van der Waals surface area contributed by atoms with Gasteiger partial charge in [-0.2, -0.15) is 0 Å². The van der Waals surface area contributed by atoms with E-state index in [0.29, 0.717) is 12.6 Å². The highest BCUT2D eigenvalue weighted by Crippen LogP contribution is 2.37. The Labute approximate surface area is 86.9 Å². The molecule has 0 saturated carbocycles. The van der Waals surface area contributed by atoms with E-state index in [1.807, 2.05) is 0 Å². The fraction of sp³-hybridized carbons (Fsp3) is 1.00. The van der Waals surface area contributed by atoms with E-state index in [2.05, 4.69) is 20.8 Å². The lowest BCUT2D eigenvalue weighted by atomic mass is 9.79. The first-order valence-electron chi connectivity index (χ1n) is 5.54.